The summed E-state index contributed by atoms with van der Waals surface area (Å²) in [6.07, 6.45) is -0.770. The maximum atomic E-state index is 12.2. The number of carbonyl (C=O) groups is 3. The third-order valence-electron chi connectivity index (χ3n) is 3.69. The van der Waals surface area contributed by atoms with E-state index in [9.17, 15) is 14.4 Å². The molecule has 0 aliphatic carbocycles. The van der Waals surface area contributed by atoms with E-state index in [1.807, 2.05) is 30.3 Å². The number of benzene rings is 2. The van der Waals surface area contributed by atoms with Gasteiger partial charge in [0, 0.05) is 12.8 Å². The van der Waals surface area contributed by atoms with E-state index < -0.39 is 18.1 Å². The molecule has 0 aromatic heterocycles. The van der Waals surface area contributed by atoms with Crippen molar-refractivity contribution >= 4 is 23.7 Å². The zero-order chi connectivity index (χ0) is 20.4. The average Bonchev–Trinajstić information content (AvgIpc) is 2.71. The van der Waals surface area contributed by atoms with Gasteiger partial charge in [-0.2, -0.15) is 0 Å². The number of hydrogen-bond donors (Lipinski definition) is 2. The van der Waals surface area contributed by atoms with Gasteiger partial charge in [-0.15, -0.1) is 0 Å². The van der Waals surface area contributed by atoms with Crippen molar-refractivity contribution in [3.8, 4) is 0 Å². The van der Waals surface area contributed by atoms with Crippen molar-refractivity contribution in [3.05, 3.63) is 65.7 Å². The van der Waals surface area contributed by atoms with Crippen LogP contribution in [-0.4, -0.2) is 38.8 Å². The van der Waals surface area contributed by atoms with E-state index in [2.05, 4.69) is 10.6 Å². The monoisotopic (exact) mass is 386 g/mol. The molecule has 0 fully saturated rings. The Bertz CT molecular complexity index is 809. The summed E-state index contributed by atoms with van der Waals surface area (Å²) in [7, 11) is 2.63. The van der Waals surface area contributed by atoms with Crippen LogP contribution in [-0.2, 0) is 30.4 Å². The Balaban J connectivity index is 2.07. The van der Waals surface area contributed by atoms with Crippen LogP contribution in [0.4, 0.5) is 10.5 Å². The fourth-order valence-corrected chi connectivity index (χ4v) is 2.40. The number of amides is 2. The Morgan fingerprint density at radius 1 is 1.00 bits per heavy atom. The minimum absolute atomic E-state index is 0.0632. The van der Waals surface area contributed by atoms with Crippen LogP contribution in [0.15, 0.2) is 54.6 Å². The fourth-order valence-electron chi connectivity index (χ4n) is 2.40. The van der Waals surface area contributed by atoms with Gasteiger partial charge in [0.05, 0.1) is 7.11 Å². The Kier molecular flexibility index (Phi) is 7.98. The Hall–Kier alpha value is -3.39. The number of esters is 1. The number of methoxy groups -OCH3 is 2. The molecule has 8 heteroatoms. The van der Waals surface area contributed by atoms with Crippen LogP contribution in [0.3, 0.4) is 0 Å². The molecule has 0 saturated carbocycles. The molecule has 0 aliphatic heterocycles. The van der Waals surface area contributed by atoms with Crippen LogP contribution < -0.4 is 10.6 Å². The Morgan fingerprint density at radius 3 is 2.43 bits per heavy atom. The molecule has 2 rings (SSSR count). The van der Waals surface area contributed by atoms with Gasteiger partial charge in [-0.3, -0.25) is 4.79 Å². The second-order valence-corrected chi connectivity index (χ2v) is 5.77. The highest BCUT2D eigenvalue weighted by Gasteiger charge is 2.24. The van der Waals surface area contributed by atoms with E-state index in [4.69, 9.17) is 14.2 Å². The number of alkyl carbamates (subject to hydrolysis) is 1. The first-order valence-corrected chi connectivity index (χ1v) is 8.47. The largest absolute Gasteiger partial charge is 0.467 e. The molecule has 2 aromatic carbocycles. The van der Waals surface area contributed by atoms with Crippen LogP contribution in [0.5, 0.6) is 0 Å². The molecular weight excluding hydrogens is 364 g/mol. The number of nitrogens with one attached hydrogen (secondary N) is 2. The van der Waals surface area contributed by atoms with E-state index in [0.29, 0.717) is 11.3 Å². The second kappa shape index (κ2) is 10.7. The number of hydrogen-bond acceptors (Lipinski definition) is 6. The summed E-state index contributed by atoms with van der Waals surface area (Å²) in [6.45, 7) is -0.0393. The van der Waals surface area contributed by atoms with Crippen LogP contribution in [0.2, 0.25) is 0 Å². The molecule has 0 saturated heterocycles. The van der Waals surface area contributed by atoms with Gasteiger partial charge in [0.25, 0.3) is 0 Å². The molecule has 0 bridgehead atoms. The van der Waals surface area contributed by atoms with Crippen LogP contribution in [0, 0.1) is 0 Å². The van der Waals surface area contributed by atoms with E-state index >= 15 is 0 Å². The molecule has 28 heavy (non-hydrogen) atoms. The smallest absolute Gasteiger partial charge is 0.408 e. The molecule has 8 nitrogen and oxygen atoms in total. The first-order chi connectivity index (χ1) is 13.5. The SMILES string of the molecule is COCC(=O)Nc1cccc([C@H](NC(=O)OCc2ccccc2)C(=O)OC)c1. The van der Waals surface area contributed by atoms with Gasteiger partial charge in [0.1, 0.15) is 13.2 Å². The van der Waals surface area contributed by atoms with Gasteiger partial charge in [-0.25, -0.2) is 9.59 Å². The molecule has 0 unspecified atom stereocenters. The van der Waals surface area contributed by atoms with E-state index in [0.717, 1.165) is 5.56 Å². The van der Waals surface area contributed by atoms with Crippen molar-refractivity contribution in [2.75, 3.05) is 26.1 Å². The molecule has 2 N–H and O–H groups in total. The third-order valence-corrected chi connectivity index (χ3v) is 3.69. The topological polar surface area (TPSA) is 103 Å². The molecule has 2 amide bonds. The summed E-state index contributed by atoms with van der Waals surface area (Å²) in [6, 6.07) is 14.5. The molecule has 0 aliphatic rings. The maximum absolute atomic E-state index is 12.2. The van der Waals surface area contributed by atoms with Crippen molar-refractivity contribution < 1.29 is 28.6 Å². The van der Waals surface area contributed by atoms with Gasteiger partial charge in [-0.1, -0.05) is 42.5 Å². The molecular formula is C20H22N2O6. The Morgan fingerprint density at radius 2 is 1.75 bits per heavy atom. The van der Waals surface area contributed by atoms with Crippen molar-refractivity contribution in [1.29, 1.82) is 0 Å². The zero-order valence-electron chi connectivity index (χ0n) is 15.6. The minimum Gasteiger partial charge on any atom is -0.467 e. The molecule has 0 heterocycles. The average molecular weight is 386 g/mol. The number of ether oxygens (including phenoxy) is 3. The van der Waals surface area contributed by atoms with Crippen molar-refractivity contribution in [2.45, 2.75) is 12.6 Å². The van der Waals surface area contributed by atoms with Crippen molar-refractivity contribution in [1.82, 2.24) is 5.32 Å². The summed E-state index contributed by atoms with van der Waals surface area (Å²) in [4.78, 5) is 36.0. The normalized spacial score (nSPS) is 11.2. The van der Waals surface area contributed by atoms with Gasteiger partial charge in [0.2, 0.25) is 5.91 Å². The highest BCUT2D eigenvalue weighted by atomic mass is 16.6. The van der Waals surface area contributed by atoms with Crippen LogP contribution in [0.1, 0.15) is 17.2 Å². The number of rotatable bonds is 8. The summed E-state index contributed by atoms with van der Waals surface area (Å²) in [5, 5.41) is 5.12. The lowest BCUT2D eigenvalue weighted by molar-refractivity contribution is -0.143. The zero-order valence-corrected chi connectivity index (χ0v) is 15.6. The predicted molar refractivity (Wildman–Crippen MR) is 101 cm³/mol. The highest BCUT2D eigenvalue weighted by Crippen LogP contribution is 2.19. The van der Waals surface area contributed by atoms with E-state index in [1.165, 1.54) is 14.2 Å². The number of anilines is 1. The van der Waals surface area contributed by atoms with Gasteiger partial charge in [0.15, 0.2) is 6.04 Å². The van der Waals surface area contributed by atoms with Crippen molar-refractivity contribution in [3.63, 3.8) is 0 Å². The second-order valence-electron chi connectivity index (χ2n) is 5.77. The third kappa shape index (κ3) is 6.40. The number of carbonyl (C=O) groups excluding carboxylic acids is 3. The quantitative estimate of drug-likeness (QED) is 0.676. The first-order valence-electron chi connectivity index (χ1n) is 8.47. The molecule has 148 valence electrons. The highest BCUT2D eigenvalue weighted by molar-refractivity contribution is 5.92. The molecule has 0 radical (unpaired) electrons. The minimum atomic E-state index is -1.09. The first kappa shape index (κ1) is 20.9. The van der Waals surface area contributed by atoms with Gasteiger partial charge < -0.3 is 24.8 Å². The van der Waals surface area contributed by atoms with Crippen LogP contribution >= 0.6 is 0 Å². The predicted octanol–water partition coefficient (Wildman–Crippen LogP) is 2.41. The maximum Gasteiger partial charge on any atom is 0.408 e. The molecule has 0 spiro atoms. The van der Waals surface area contributed by atoms with Gasteiger partial charge >= 0.3 is 12.1 Å². The standard InChI is InChI=1S/C20H22N2O6/c1-26-13-17(23)21-16-10-6-9-15(11-16)18(19(24)27-2)22-20(25)28-12-14-7-4-3-5-8-14/h3-11,18H,12-13H2,1-2H3,(H,21,23)(H,22,25)/t18-/m0/s1. The summed E-state index contributed by atoms with van der Waals surface area (Å²) < 4.78 is 14.7. The van der Waals surface area contributed by atoms with E-state index in [-0.39, 0.29) is 19.1 Å². The summed E-state index contributed by atoms with van der Waals surface area (Å²) >= 11 is 0. The fraction of sp³-hybridized carbons (Fsp3) is 0.250. The Labute approximate surface area is 162 Å². The lowest BCUT2D eigenvalue weighted by Gasteiger charge is -2.18. The molecule has 2 aromatic rings. The van der Waals surface area contributed by atoms with E-state index in [1.54, 1.807) is 24.3 Å². The summed E-state index contributed by atoms with van der Waals surface area (Å²) in [5.74, 6) is -1.01. The molecule has 1 atom stereocenters. The van der Waals surface area contributed by atoms with Crippen LogP contribution in [0.25, 0.3) is 0 Å². The summed E-state index contributed by atoms with van der Waals surface area (Å²) in [5.41, 5.74) is 1.70. The van der Waals surface area contributed by atoms with Crippen molar-refractivity contribution in [2.24, 2.45) is 0 Å². The lowest BCUT2D eigenvalue weighted by atomic mass is 10.1. The lowest BCUT2D eigenvalue weighted by Crippen LogP contribution is -2.35. The van der Waals surface area contributed by atoms with Gasteiger partial charge in [-0.05, 0) is 23.3 Å².